The van der Waals surface area contributed by atoms with Crippen LogP contribution in [0.1, 0.15) is 44.2 Å². The van der Waals surface area contributed by atoms with Crippen LogP contribution in [0.3, 0.4) is 0 Å². The average Bonchev–Trinajstić information content (AvgIpc) is 2.64. The lowest BCUT2D eigenvalue weighted by molar-refractivity contribution is 0.152. The van der Waals surface area contributed by atoms with Crippen LogP contribution in [0, 0.1) is 0 Å². The van der Waals surface area contributed by atoms with Crippen LogP contribution in [0.2, 0.25) is 0 Å². The maximum atomic E-state index is 5.32. The Bertz CT molecular complexity index is 515. The summed E-state index contributed by atoms with van der Waals surface area (Å²) in [6, 6.07) is 9.64. The first-order valence-corrected chi connectivity index (χ1v) is 9.57. The van der Waals surface area contributed by atoms with Gasteiger partial charge in [0.1, 0.15) is 0 Å². The minimum Gasteiger partial charge on any atom is -0.380 e. The van der Waals surface area contributed by atoms with Crippen molar-refractivity contribution in [3.8, 4) is 0 Å². The SMILES string of the molecule is CCOCCNC(=NC)NCc1ccc(CN2CCCCC2C)cc1. The zero-order valence-corrected chi connectivity index (χ0v) is 16.1. The van der Waals surface area contributed by atoms with E-state index >= 15 is 0 Å². The summed E-state index contributed by atoms with van der Waals surface area (Å²) >= 11 is 0. The van der Waals surface area contributed by atoms with Crippen LogP contribution in [-0.2, 0) is 17.8 Å². The number of nitrogens with one attached hydrogen (secondary N) is 2. The molecule has 1 fully saturated rings. The molecule has 2 rings (SSSR count). The van der Waals surface area contributed by atoms with Gasteiger partial charge in [-0.3, -0.25) is 9.89 Å². The lowest BCUT2D eigenvalue weighted by atomic mass is 10.0. The molecule has 25 heavy (non-hydrogen) atoms. The van der Waals surface area contributed by atoms with Gasteiger partial charge >= 0.3 is 0 Å². The molecule has 1 aliphatic rings. The number of hydrogen-bond donors (Lipinski definition) is 2. The summed E-state index contributed by atoms with van der Waals surface area (Å²) in [6.45, 7) is 9.63. The Morgan fingerprint density at radius 1 is 1.20 bits per heavy atom. The Hall–Kier alpha value is -1.59. The number of aliphatic imine (C=N–C) groups is 1. The van der Waals surface area contributed by atoms with Crippen molar-refractivity contribution in [3.05, 3.63) is 35.4 Å². The summed E-state index contributed by atoms with van der Waals surface area (Å²) in [5.41, 5.74) is 2.67. The van der Waals surface area contributed by atoms with Crippen LogP contribution >= 0.6 is 0 Å². The number of hydrogen-bond acceptors (Lipinski definition) is 3. The number of guanidine groups is 1. The fourth-order valence-corrected chi connectivity index (χ4v) is 3.18. The van der Waals surface area contributed by atoms with Gasteiger partial charge in [-0.1, -0.05) is 30.7 Å². The van der Waals surface area contributed by atoms with E-state index in [1.165, 1.54) is 36.9 Å². The molecular formula is C20H34N4O. The van der Waals surface area contributed by atoms with Crippen LogP contribution in [0.5, 0.6) is 0 Å². The number of nitrogens with zero attached hydrogens (tertiary/aromatic N) is 2. The molecule has 0 amide bonds. The van der Waals surface area contributed by atoms with Crippen LogP contribution in [0.4, 0.5) is 0 Å². The molecule has 1 atom stereocenters. The van der Waals surface area contributed by atoms with E-state index in [0.29, 0.717) is 12.6 Å². The van der Waals surface area contributed by atoms with Gasteiger partial charge in [0.2, 0.25) is 0 Å². The largest absolute Gasteiger partial charge is 0.380 e. The molecule has 1 unspecified atom stereocenters. The van der Waals surface area contributed by atoms with Crippen molar-refractivity contribution < 1.29 is 4.74 Å². The summed E-state index contributed by atoms with van der Waals surface area (Å²) in [5.74, 6) is 0.811. The third kappa shape index (κ3) is 7.04. The highest BCUT2D eigenvalue weighted by Crippen LogP contribution is 2.19. The van der Waals surface area contributed by atoms with Crippen molar-refractivity contribution >= 4 is 5.96 Å². The molecule has 0 aromatic heterocycles. The monoisotopic (exact) mass is 346 g/mol. The van der Waals surface area contributed by atoms with Crippen LogP contribution in [-0.4, -0.2) is 50.3 Å². The maximum Gasteiger partial charge on any atom is 0.191 e. The fourth-order valence-electron chi connectivity index (χ4n) is 3.18. The number of likely N-dealkylation sites (tertiary alicyclic amines) is 1. The van der Waals surface area contributed by atoms with Gasteiger partial charge in [0, 0.05) is 39.3 Å². The van der Waals surface area contributed by atoms with Gasteiger partial charge in [-0.2, -0.15) is 0 Å². The van der Waals surface area contributed by atoms with Crippen LogP contribution < -0.4 is 10.6 Å². The second-order valence-electron chi connectivity index (χ2n) is 6.68. The van der Waals surface area contributed by atoms with Gasteiger partial charge in [-0.25, -0.2) is 0 Å². The first-order chi connectivity index (χ1) is 12.2. The molecule has 5 nitrogen and oxygen atoms in total. The number of rotatable bonds is 8. The van der Waals surface area contributed by atoms with Gasteiger partial charge < -0.3 is 15.4 Å². The highest BCUT2D eigenvalue weighted by atomic mass is 16.5. The lowest BCUT2D eigenvalue weighted by Crippen LogP contribution is -2.38. The Labute approximate surface area is 152 Å². The summed E-state index contributed by atoms with van der Waals surface area (Å²) in [6.07, 6.45) is 4.04. The number of piperidine rings is 1. The summed E-state index contributed by atoms with van der Waals surface area (Å²) in [7, 11) is 1.79. The Morgan fingerprint density at radius 3 is 2.64 bits per heavy atom. The zero-order chi connectivity index (χ0) is 17.9. The van der Waals surface area contributed by atoms with Crippen molar-refractivity contribution in [1.29, 1.82) is 0 Å². The van der Waals surface area contributed by atoms with Crippen molar-refractivity contribution in [3.63, 3.8) is 0 Å². The van der Waals surface area contributed by atoms with E-state index in [1.54, 1.807) is 7.05 Å². The van der Waals surface area contributed by atoms with Crippen molar-refractivity contribution in [1.82, 2.24) is 15.5 Å². The average molecular weight is 347 g/mol. The quantitative estimate of drug-likeness (QED) is 0.432. The zero-order valence-electron chi connectivity index (χ0n) is 16.1. The molecule has 1 aromatic rings. The smallest absolute Gasteiger partial charge is 0.191 e. The first-order valence-electron chi connectivity index (χ1n) is 9.57. The summed E-state index contributed by atoms with van der Waals surface area (Å²) in [4.78, 5) is 6.83. The third-order valence-electron chi connectivity index (χ3n) is 4.78. The molecule has 1 saturated heterocycles. The molecule has 0 bridgehead atoms. The normalized spacial score (nSPS) is 19.0. The van der Waals surface area contributed by atoms with Gasteiger partial charge in [-0.05, 0) is 44.4 Å². The van der Waals surface area contributed by atoms with E-state index in [0.717, 1.165) is 32.2 Å². The molecule has 0 spiro atoms. The molecule has 1 heterocycles. The molecule has 0 aliphatic carbocycles. The van der Waals surface area contributed by atoms with Gasteiger partial charge in [0.15, 0.2) is 5.96 Å². The summed E-state index contributed by atoms with van der Waals surface area (Å²) in [5, 5.41) is 6.60. The topological polar surface area (TPSA) is 48.9 Å². The number of ether oxygens (including phenoxy) is 1. The van der Waals surface area contributed by atoms with Gasteiger partial charge in [0.05, 0.1) is 6.61 Å². The molecule has 140 valence electrons. The molecule has 1 aromatic carbocycles. The molecule has 0 saturated carbocycles. The van der Waals surface area contributed by atoms with Crippen LogP contribution in [0.15, 0.2) is 29.3 Å². The molecule has 1 aliphatic heterocycles. The van der Waals surface area contributed by atoms with Crippen LogP contribution in [0.25, 0.3) is 0 Å². The molecule has 0 radical (unpaired) electrons. The lowest BCUT2D eigenvalue weighted by Gasteiger charge is -2.33. The third-order valence-corrected chi connectivity index (χ3v) is 4.78. The Morgan fingerprint density at radius 2 is 1.96 bits per heavy atom. The fraction of sp³-hybridized carbons (Fsp3) is 0.650. The van der Waals surface area contributed by atoms with Crippen molar-refractivity contribution in [2.45, 2.75) is 52.2 Å². The Kier molecular flexibility index (Phi) is 8.77. The highest BCUT2D eigenvalue weighted by Gasteiger charge is 2.17. The van der Waals surface area contributed by atoms with Gasteiger partial charge in [0.25, 0.3) is 0 Å². The van der Waals surface area contributed by atoms with Crippen molar-refractivity contribution in [2.75, 3.05) is 33.4 Å². The van der Waals surface area contributed by atoms with E-state index in [2.05, 4.69) is 51.7 Å². The number of benzene rings is 1. The molecule has 5 heteroatoms. The predicted molar refractivity (Wildman–Crippen MR) is 105 cm³/mol. The molecule has 2 N–H and O–H groups in total. The van der Waals surface area contributed by atoms with E-state index < -0.39 is 0 Å². The second kappa shape index (κ2) is 11.1. The first kappa shape index (κ1) is 19.7. The van der Waals surface area contributed by atoms with E-state index in [1.807, 2.05) is 6.92 Å². The van der Waals surface area contributed by atoms with Gasteiger partial charge in [-0.15, -0.1) is 0 Å². The minimum absolute atomic E-state index is 0.695. The highest BCUT2D eigenvalue weighted by molar-refractivity contribution is 5.79. The van der Waals surface area contributed by atoms with Crippen molar-refractivity contribution in [2.24, 2.45) is 4.99 Å². The molecular weight excluding hydrogens is 312 g/mol. The predicted octanol–water partition coefficient (Wildman–Crippen LogP) is 2.76. The Balaban J connectivity index is 1.75. The minimum atomic E-state index is 0.695. The maximum absolute atomic E-state index is 5.32. The summed E-state index contributed by atoms with van der Waals surface area (Å²) < 4.78 is 5.32. The second-order valence-corrected chi connectivity index (χ2v) is 6.68. The van der Waals surface area contributed by atoms with E-state index in [4.69, 9.17) is 4.74 Å². The van der Waals surface area contributed by atoms with E-state index in [-0.39, 0.29) is 0 Å². The standard InChI is InChI=1S/C20H34N4O/c1-4-25-14-12-22-20(21-3)23-15-18-8-10-19(11-9-18)16-24-13-6-5-7-17(24)2/h8-11,17H,4-7,12-16H2,1-3H3,(H2,21,22,23). The van der Waals surface area contributed by atoms with E-state index in [9.17, 15) is 0 Å².